The molecule has 0 aromatic carbocycles. The Morgan fingerprint density at radius 1 is 1.67 bits per heavy atom. The molecule has 0 aromatic rings. The van der Waals surface area contributed by atoms with Gasteiger partial charge in [0.05, 0.1) is 6.04 Å². The zero-order valence-corrected chi connectivity index (χ0v) is 6.91. The lowest BCUT2D eigenvalue weighted by Gasteiger charge is -2.68. The molecule has 0 aromatic heterocycles. The molecule has 0 radical (unpaired) electrons. The second kappa shape index (κ2) is 1.68. The van der Waals surface area contributed by atoms with Crippen LogP contribution in [0.4, 0.5) is 0 Å². The van der Waals surface area contributed by atoms with Crippen LogP contribution >= 0.6 is 0 Å². The molecule has 2 N–H and O–H groups in total. The van der Waals surface area contributed by atoms with Crippen LogP contribution in [0.25, 0.3) is 0 Å². The second-order valence-corrected chi connectivity index (χ2v) is 4.60. The van der Waals surface area contributed by atoms with E-state index in [-0.39, 0.29) is 6.04 Å². The van der Waals surface area contributed by atoms with Gasteiger partial charge in [0.1, 0.15) is 0 Å². The summed E-state index contributed by atoms with van der Waals surface area (Å²) in [5.41, 5.74) is -0.738. The van der Waals surface area contributed by atoms with Gasteiger partial charge in [0.25, 0.3) is 0 Å². The lowest BCUT2D eigenvalue weighted by molar-refractivity contribution is -0.432. The smallest absolute Gasteiger partial charge is 0.336 e. The van der Waals surface area contributed by atoms with Crippen molar-refractivity contribution in [2.24, 2.45) is 0 Å². The van der Waals surface area contributed by atoms with E-state index in [0.29, 0.717) is 6.42 Å². The first-order valence-corrected chi connectivity index (χ1v) is 5.13. The number of rotatable bonds is 1. The third-order valence-corrected chi connectivity index (χ3v) is 3.81. The number of nitrogens with one attached hydrogen (secondary N) is 1. The molecule has 1 unspecified atom stereocenters. The van der Waals surface area contributed by atoms with E-state index in [2.05, 4.69) is 5.32 Å². The molecule has 0 aliphatic carbocycles. The first kappa shape index (κ1) is 7.22. The minimum Gasteiger partial charge on any atom is -0.336 e. The Kier molecular flexibility index (Phi) is 1.01. The molecule has 4 fully saturated rings. The molecule has 4 rings (SSSR count). The largest absolute Gasteiger partial charge is 0.340 e. The third kappa shape index (κ3) is 0.530. The van der Waals surface area contributed by atoms with Gasteiger partial charge in [0.15, 0.2) is 12.0 Å². The molecule has 0 amide bonds. The molecule has 3 atom stereocenters. The Morgan fingerprint density at radius 3 is 2.92 bits per heavy atom. The molecule has 6 nitrogen and oxygen atoms in total. The Labute approximate surface area is 69.4 Å². The first-order chi connectivity index (χ1) is 5.56. The van der Waals surface area contributed by atoms with Crippen molar-refractivity contribution in [3.05, 3.63) is 0 Å². The maximum Gasteiger partial charge on any atom is 0.340 e. The summed E-state index contributed by atoms with van der Waals surface area (Å²) in [5.74, 6) is 0. The average Bonchev–Trinajstić information content (AvgIpc) is 2.00. The van der Waals surface area contributed by atoms with Gasteiger partial charge in [-0.3, -0.25) is 4.55 Å². The fourth-order valence-corrected chi connectivity index (χ4v) is 3.34. The van der Waals surface area contributed by atoms with E-state index < -0.39 is 22.3 Å². The van der Waals surface area contributed by atoms with E-state index in [9.17, 15) is 8.42 Å². The molecule has 12 heavy (non-hydrogen) atoms. The number of hydrogen-bond acceptors (Lipinski definition) is 4. The summed E-state index contributed by atoms with van der Waals surface area (Å²) < 4.78 is 36.5. The van der Waals surface area contributed by atoms with E-state index in [4.69, 9.17) is 9.29 Å². The molecule has 2 bridgehead atoms. The van der Waals surface area contributed by atoms with Crippen molar-refractivity contribution < 1.29 is 17.7 Å². The second-order valence-electron chi connectivity index (χ2n) is 3.31. The van der Waals surface area contributed by atoms with Crippen LogP contribution < -0.4 is 5.32 Å². The summed E-state index contributed by atoms with van der Waals surface area (Å²) >= 11 is 0. The summed E-state index contributed by atoms with van der Waals surface area (Å²) in [7, 11) is -4.06. The van der Waals surface area contributed by atoms with Gasteiger partial charge in [-0.15, -0.1) is 4.31 Å². The van der Waals surface area contributed by atoms with E-state index in [1.165, 1.54) is 0 Å². The minimum absolute atomic E-state index is 0.0967. The van der Waals surface area contributed by atoms with Crippen molar-refractivity contribution in [2.45, 2.75) is 24.4 Å². The molecule has 68 valence electrons. The van der Waals surface area contributed by atoms with E-state index in [1.54, 1.807) is 0 Å². The highest BCUT2D eigenvalue weighted by molar-refractivity contribution is 7.83. The van der Waals surface area contributed by atoms with Crippen LogP contribution in [0, 0.1) is 0 Å². The van der Waals surface area contributed by atoms with Crippen molar-refractivity contribution in [3.8, 4) is 0 Å². The summed E-state index contributed by atoms with van der Waals surface area (Å²) in [6, 6.07) is 0.0967. The van der Waals surface area contributed by atoms with Gasteiger partial charge in [-0.25, -0.2) is 0 Å². The zero-order valence-electron chi connectivity index (χ0n) is 6.10. The monoisotopic (exact) mass is 192 g/mol. The van der Waals surface area contributed by atoms with Crippen LogP contribution in [0.5, 0.6) is 0 Å². The quantitative estimate of drug-likeness (QED) is 0.495. The predicted molar refractivity (Wildman–Crippen MR) is 37.4 cm³/mol. The standard InChI is InChI=1S/C5H8N2O4S/c8-12(9,10)7-4-3-5(7,11-4)1-2-6-3/h3-4,6H,1-2H2,(H,8,9,10)/t3-,4?,5+/m0/s1. The highest BCUT2D eigenvalue weighted by Gasteiger charge is 2.80. The molecule has 4 saturated heterocycles. The molecule has 4 aliphatic rings. The molecule has 4 heterocycles. The van der Waals surface area contributed by atoms with E-state index in [0.717, 1.165) is 10.8 Å². The van der Waals surface area contributed by atoms with Gasteiger partial charge in [-0.2, -0.15) is 8.42 Å². The zero-order chi connectivity index (χ0) is 8.56. The van der Waals surface area contributed by atoms with Gasteiger partial charge < -0.3 is 10.1 Å². The fraction of sp³-hybridized carbons (Fsp3) is 1.00. The van der Waals surface area contributed by atoms with Gasteiger partial charge in [-0.05, 0) is 6.54 Å². The van der Waals surface area contributed by atoms with Crippen LogP contribution in [0.15, 0.2) is 0 Å². The van der Waals surface area contributed by atoms with Gasteiger partial charge in [0.2, 0.25) is 0 Å². The van der Waals surface area contributed by atoms with Crippen molar-refractivity contribution in [1.29, 1.82) is 0 Å². The number of hydrogen-bond donors (Lipinski definition) is 2. The SMILES string of the molecule is O=S(=O)(O)N1C2O[C@@]13CCN[C@@H]23. The molecular weight excluding hydrogens is 184 g/mol. The lowest BCUT2D eigenvalue weighted by Crippen LogP contribution is -2.91. The summed E-state index contributed by atoms with van der Waals surface area (Å²) in [5, 5.41) is 3.11. The van der Waals surface area contributed by atoms with Crippen molar-refractivity contribution in [2.75, 3.05) is 6.54 Å². The molecular formula is C5H8N2O4S. The Morgan fingerprint density at radius 2 is 2.42 bits per heavy atom. The van der Waals surface area contributed by atoms with Crippen LogP contribution in [-0.4, -0.2) is 41.8 Å². The number of nitrogens with zero attached hydrogens (tertiary/aromatic N) is 1. The van der Waals surface area contributed by atoms with Crippen LogP contribution in [0.2, 0.25) is 0 Å². The van der Waals surface area contributed by atoms with Crippen molar-refractivity contribution >= 4 is 10.3 Å². The molecule has 0 saturated carbocycles. The van der Waals surface area contributed by atoms with Crippen LogP contribution in [0.1, 0.15) is 6.42 Å². The highest BCUT2D eigenvalue weighted by atomic mass is 32.2. The van der Waals surface area contributed by atoms with Crippen molar-refractivity contribution in [1.82, 2.24) is 9.62 Å². The Bertz CT molecular complexity index is 341. The Balaban J connectivity index is 1.97. The maximum absolute atomic E-state index is 10.8. The molecule has 7 heteroatoms. The molecule has 1 spiro atoms. The summed E-state index contributed by atoms with van der Waals surface area (Å²) in [6.45, 7) is 0.743. The first-order valence-electron chi connectivity index (χ1n) is 3.74. The normalized spacial score (nSPS) is 51.1. The van der Waals surface area contributed by atoms with Gasteiger partial charge in [-0.1, -0.05) is 0 Å². The van der Waals surface area contributed by atoms with Crippen LogP contribution in [-0.2, 0) is 15.0 Å². The average molecular weight is 192 g/mol. The third-order valence-electron chi connectivity index (χ3n) is 2.80. The summed E-state index contributed by atoms with van der Waals surface area (Å²) in [6.07, 6.45) is 0.149. The maximum atomic E-state index is 10.8. The molecule has 4 aliphatic heterocycles. The topological polar surface area (TPSA) is 78.9 Å². The Hall–Kier alpha value is -0.210. The van der Waals surface area contributed by atoms with E-state index >= 15 is 0 Å². The minimum atomic E-state index is -4.06. The van der Waals surface area contributed by atoms with Gasteiger partial charge in [0, 0.05) is 6.42 Å². The van der Waals surface area contributed by atoms with Crippen molar-refractivity contribution in [3.63, 3.8) is 0 Å². The highest BCUT2D eigenvalue weighted by Crippen LogP contribution is 2.57. The number of ether oxygens (including phenoxy) is 1. The lowest BCUT2D eigenvalue weighted by atomic mass is 9.86. The predicted octanol–water partition coefficient (Wildman–Crippen LogP) is -1.48. The fourth-order valence-electron chi connectivity index (χ4n) is 2.28. The van der Waals surface area contributed by atoms with E-state index in [1.807, 2.05) is 0 Å². The van der Waals surface area contributed by atoms with Gasteiger partial charge >= 0.3 is 10.3 Å². The van der Waals surface area contributed by atoms with Crippen LogP contribution in [0.3, 0.4) is 0 Å². The summed E-state index contributed by atoms with van der Waals surface area (Å²) in [4.78, 5) is 0.